The van der Waals surface area contributed by atoms with E-state index in [1.54, 1.807) is 23.5 Å². The summed E-state index contributed by atoms with van der Waals surface area (Å²) in [6, 6.07) is 6.05. The Bertz CT molecular complexity index is 530. The van der Waals surface area contributed by atoms with Gasteiger partial charge in [-0.25, -0.2) is 9.37 Å². The SMILES string of the molecule is Cc1nc(CCNCC(O)c2cccc(F)c2)cs1. The molecule has 1 atom stereocenters. The fourth-order valence-electron chi connectivity index (χ4n) is 1.81. The van der Waals surface area contributed by atoms with Crippen molar-refractivity contribution in [3.63, 3.8) is 0 Å². The first kappa shape index (κ1) is 14.1. The van der Waals surface area contributed by atoms with Gasteiger partial charge < -0.3 is 10.4 Å². The second kappa shape index (κ2) is 6.75. The van der Waals surface area contributed by atoms with Crippen LogP contribution in [0.4, 0.5) is 4.39 Å². The van der Waals surface area contributed by atoms with Crippen molar-refractivity contribution in [3.05, 3.63) is 51.7 Å². The minimum absolute atomic E-state index is 0.325. The molecule has 3 nitrogen and oxygen atoms in total. The van der Waals surface area contributed by atoms with Gasteiger partial charge in [0.1, 0.15) is 5.82 Å². The molecule has 0 spiro atoms. The van der Waals surface area contributed by atoms with Crippen molar-refractivity contribution >= 4 is 11.3 Å². The number of aryl methyl sites for hydroxylation is 1. The number of rotatable bonds is 6. The Balaban J connectivity index is 1.73. The third-order valence-corrected chi connectivity index (χ3v) is 3.62. The number of nitrogens with zero attached hydrogens (tertiary/aromatic N) is 1. The van der Waals surface area contributed by atoms with Gasteiger partial charge in [-0.2, -0.15) is 0 Å². The van der Waals surface area contributed by atoms with Crippen molar-refractivity contribution in [2.75, 3.05) is 13.1 Å². The quantitative estimate of drug-likeness (QED) is 0.799. The Kier molecular flexibility index (Phi) is 5.01. The molecule has 0 aliphatic heterocycles. The summed E-state index contributed by atoms with van der Waals surface area (Å²) in [5.41, 5.74) is 1.66. The van der Waals surface area contributed by atoms with Crippen LogP contribution in [0.15, 0.2) is 29.6 Å². The highest BCUT2D eigenvalue weighted by atomic mass is 32.1. The van der Waals surface area contributed by atoms with Crippen LogP contribution in [0.2, 0.25) is 0 Å². The van der Waals surface area contributed by atoms with Gasteiger partial charge in [-0.3, -0.25) is 0 Å². The van der Waals surface area contributed by atoms with Crippen LogP contribution in [-0.4, -0.2) is 23.2 Å². The van der Waals surface area contributed by atoms with Crippen LogP contribution >= 0.6 is 11.3 Å². The van der Waals surface area contributed by atoms with E-state index in [-0.39, 0.29) is 5.82 Å². The molecule has 0 saturated carbocycles. The van der Waals surface area contributed by atoms with Crippen molar-refractivity contribution in [1.82, 2.24) is 10.3 Å². The molecule has 19 heavy (non-hydrogen) atoms. The zero-order chi connectivity index (χ0) is 13.7. The van der Waals surface area contributed by atoms with E-state index >= 15 is 0 Å². The van der Waals surface area contributed by atoms with E-state index in [9.17, 15) is 9.50 Å². The van der Waals surface area contributed by atoms with E-state index in [2.05, 4.69) is 10.3 Å². The highest BCUT2D eigenvalue weighted by molar-refractivity contribution is 7.09. The lowest BCUT2D eigenvalue weighted by atomic mass is 10.1. The van der Waals surface area contributed by atoms with Gasteiger partial charge in [0.2, 0.25) is 0 Å². The first-order valence-electron chi connectivity index (χ1n) is 6.20. The zero-order valence-corrected chi connectivity index (χ0v) is 11.6. The van der Waals surface area contributed by atoms with Gasteiger partial charge in [0.05, 0.1) is 16.8 Å². The smallest absolute Gasteiger partial charge is 0.123 e. The number of hydrogen-bond acceptors (Lipinski definition) is 4. The van der Waals surface area contributed by atoms with E-state index in [0.717, 1.165) is 23.7 Å². The number of benzene rings is 1. The normalized spacial score (nSPS) is 12.6. The van der Waals surface area contributed by atoms with Crippen molar-refractivity contribution in [2.24, 2.45) is 0 Å². The van der Waals surface area contributed by atoms with E-state index in [1.165, 1.54) is 12.1 Å². The summed E-state index contributed by atoms with van der Waals surface area (Å²) in [5.74, 6) is -0.325. The Morgan fingerprint density at radius 2 is 2.32 bits per heavy atom. The predicted octanol–water partition coefficient (Wildman–Crippen LogP) is 2.46. The molecular formula is C14H17FN2OS. The van der Waals surface area contributed by atoms with Crippen LogP contribution < -0.4 is 5.32 Å². The van der Waals surface area contributed by atoms with Gasteiger partial charge in [0.15, 0.2) is 0 Å². The van der Waals surface area contributed by atoms with Crippen LogP contribution in [0, 0.1) is 12.7 Å². The third kappa shape index (κ3) is 4.38. The molecule has 0 saturated heterocycles. The fraction of sp³-hybridized carbons (Fsp3) is 0.357. The van der Waals surface area contributed by atoms with E-state index < -0.39 is 6.10 Å². The van der Waals surface area contributed by atoms with Gasteiger partial charge in [0.25, 0.3) is 0 Å². The maximum atomic E-state index is 13.0. The molecule has 2 N–H and O–H groups in total. The summed E-state index contributed by atoms with van der Waals surface area (Å²) in [6.45, 7) is 3.14. The maximum Gasteiger partial charge on any atom is 0.123 e. The summed E-state index contributed by atoms with van der Waals surface area (Å²) in [4.78, 5) is 4.36. The van der Waals surface area contributed by atoms with Crippen LogP contribution in [0.25, 0.3) is 0 Å². The molecule has 0 aliphatic carbocycles. The number of halogens is 1. The van der Waals surface area contributed by atoms with Crippen molar-refractivity contribution in [2.45, 2.75) is 19.4 Å². The topological polar surface area (TPSA) is 45.2 Å². The van der Waals surface area contributed by atoms with Gasteiger partial charge >= 0.3 is 0 Å². The molecule has 0 radical (unpaired) electrons. The Morgan fingerprint density at radius 1 is 1.47 bits per heavy atom. The molecule has 1 unspecified atom stereocenters. The summed E-state index contributed by atoms with van der Waals surface area (Å²) >= 11 is 1.64. The fourth-order valence-corrected chi connectivity index (χ4v) is 2.46. The molecule has 1 aromatic carbocycles. The van der Waals surface area contributed by atoms with E-state index in [0.29, 0.717) is 12.1 Å². The van der Waals surface area contributed by atoms with Gasteiger partial charge in [-0.05, 0) is 24.6 Å². The second-order valence-electron chi connectivity index (χ2n) is 4.38. The average Bonchev–Trinajstić information content (AvgIpc) is 2.80. The summed E-state index contributed by atoms with van der Waals surface area (Å²) in [7, 11) is 0. The van der Waals surface area contributed by atoms with Crippen LogP contribution in [-0.2, 0) is 6.42 Å². The molecule has 1 heterocycles. The minimum atomic E-state index is -0.687. The molecule has 2 aromatic rings. The van der Waals surface area contributed by atoms with Gasteiger partial charge in [-0.15, -0.1) is 11.3 Å². The van der Waals surface area contributed by atoms with Crippen LogP contribution in [0.3, 0.4) is 0 Å². The molecule has 0 amide bonds. The maximum absolute atomic E-state index is 13.0. The van der Waals surface area contributed by atoms with Gasteiger partial charge in [-0.1, -0.05) is 12.1 Å². The van der Waals surface area contributed by atoms with Crippen molar-refractivity contribution in [3.8, 4) is 0 Å². The highest BCUT2D eigenvalue weighted by Crippen LogP contribution is 2.13. The average molecular weight is 280 g/mol. The lowest BCUT2D eigenvalue weighted by Crippen LogP contribution is -2.23. The number of thiazole rings is 1. The van der Waals surface area contributed by atoms with Crippen molar-refractivity contribution in [1.29, 1.82) is 0 Å². The number of aliphatic hydroxyl groups is 1. The Labute approximate surface area is 116 Å². The van der Waals surface area contributed by atoms with Crippen LogP contribution in [0.1, 0.15) is 22.4 Å². The number of aromatic nitrogens is 1. The minimum Gasteiger partial charge on any atom is -0.387 e. The molecule has 102 valence electrons. The number of hydrogen-bond donors (Lipinski definition) is 2. The molecule has 0 aliphatic rings. The first-order valence-corrected chi connectivity index (χ1v) is 7.08. The Morgan fingerprint density at radius 3 is 3.00 bits per heavy atom. The molecule has 0 bridgehead atoms. The highest BCUT2D eigenvalue weighted by Gasteiger charge is 2.07. The summed E-state index contributed by atoms with van der Waals surface area (Å²) < 4.78 is 13.0. The molecular weight excluding hydrogens is 263 g/mol. The van der Waals surface area contributed by atoms with E-state index in [1.807, 2.05) is 12.3 Å². The number of aliphatic hydroxyl groups excluding tert-OH is 1. The molecule has 0 fully saturated rings. The largest absolute Gasteiger partial charge is 0.387 e. The second-order valence-corrected chi connectivity index (χ2v) is 5.45. The summed E-state index contributed by atoms with van der Waals surface area (Å²) in [5, 5.41) is 16.2. The lowest BCUT2D eigenvalue weighted by Gasteiger charge is -2.11. The standard InChI is InChI=1S/C14H17FN2OS/c1-10-17-13(9-19-10)5-6-16-8-14(18)11-3-2-4-12(15)7-11/h2-4,7,9,14,16,18H,5-6,8H2,1H3. The van der Waals surface area contributed by atoms with Crippen LogP contribution in [0.5, 0.6) is 0 Å². The summed E-state index contributed by atoms with van der Waals surface area (Å²) in [6.07, 6.45) is 0.146. The molecule has 2 rings (SSSR count). The van der Waals surface area contributed by atoms with Gasteiger partial charge in [0, 0.05) is 24.9 Å². The first-order chi connectivity index (χ1) is 9.15. The van der Waals surface area contributed by atoms with E-state index in [4.69, 9.17) is 0 Å². The Hall–Kier alpha value is -1.30. The lowest BCUT2D eigenvalue weighted by molar-refractivity contribution is 0.174. The monoisotopic (exact) mass is 280 g/mol. The zero-order valence-electron chi connectivity index (χ0n) is 10.8. The molecule has 1 aromatic heterocycles. The predicted molar refractivity (Wildman–Crippen MR) is 74.8 cm³/mol. The third-order valence-electron chi connectivity index (χ3n) is 2.80. The number of nitrogens with one attached hydrogen (secondary N) is 1. The van der Waals surface area contributed by atoms with Crippen molar-refractivity contribution < 1.29 is 9.50 Å². The molecule has 5 heteroatoms.